The van der Waals surface area contributed by atoms with Crippen molar-refractivity contribution < 1.29 is 19.1 Å². The van der Waals surface area contributed by atoms with Gasteiger partial charge in [-0.2, -0.15) is 0 Å². The summed E-state index contributed by atoms with van der Waals surface area (Å²) in [5, 5.41) is 13.5. The first-order valence-electron chi connectivity index (χ1n) is 8.02. The molecule has 0 saturated carbocycles. The Kier molecular flexibility index (Phi) is 5.58. The van der Waals surface area contributed by atoms with E-state index in [1.807, 2.05) is 0 Å². The van der Waals surface area contributed by atoms with E-state index in [1.54, 1.807) is 35.7 Å². The molecule has 3 aromatic rings. The van der Waals surface area contributed by atoms with E-state index in [9.17, 15) is 14.0 Å². The second kappa shape index (κ2) is 8.07. The van der Waals surface area contributed by atoms with Crippen LogP contribution in [0.2, 0.25) is 0 Å². The van der Waals surface area contributed by atoms with Gasteiger partial charge in [0.05, 0.1) is 12.1 Å². The van der Waals surface area contributed by atoms with Gasteiger partial charge in [-0.05, 0) is 35.4 Å². The van der Waals surface area contributed by atoms with Crippen LogP contribution in [-0.2, 0) is 17.8 Å². The van der Waals surface area contributed by atoms with Crippen LogP contribution in [0.1, 0.15) is 20.9 Å². The number of nitrogens with two attached hydrogens (primary N) is 1. The largest absolute Gasteiger partial charge is 0.481 e. The van der Waals surface area contributed by atoms with Crippen molar-refractivity contribution in [3.05, 3.63) is 69.8 Å². The Morgan fingerprint density at radius 3 is 2.74 bits per heavy atom. The number of carbonyl (C=O) groups is 2. The van der Waals surface area contributed by atoms with Gasteiger partial charge in [0.2, 0.25) is 0 Å². The average Bonchev–Trinajstić information content (AvgIpc) is 3.12. The van der Waals surface area contributed by atoms with Crippen molar-refractivity contribution in [1.29, 1.82) is 0 Å². The first-order valence-corrected chi connectivity index (χ1v) is 8.90. The highest BCUT2D eigenvalue weighted by atomic mass is 32.1. The van der Waals surface area contributed by atoms with E-state index in [-0.39, 0.29) is 18.0 Å². The van der Waals surface area contributed by atoms with Crippen LogP contribution < -0.4 is 11.1 Å². The lowest BCUT2D eigenvalue weighted by Gasteiger charge is -2.08. The lowest BCUT2D eigenvalue weighted by molar-refractivity contribution is -0.136. The number of thiazole rings is 1. The van der Waals surface area contributed by atoms with E-state index in [0.717, 1.165) is 11.3 Å². The molecule has 8 heteroatoms. The molecule has 1 amide bonds. The molecule has 2 aromatic carbocycles. The van der Waals surface area contributed by atoms with Crippen molar-refractivity contribution in [2.24, 2.45) is 5.73 Å². The second-order valence-corrected chi connectivity index (χ2v) is 6.63. The zero-order valence-electron chi connectivity index (χ0n) is 14.1. The Morgan fingerprint density at radius 1 is 1.22 bits per heavy atom. The molecule has 0 atom stereocenters. The highest BCUT2D eigenvalue weighted by Gasteiger charge is 2.15. The minimum absolute atomic E-state index is 0.189. The van der Waals surface area contributed by atoms with Gasteiger partial charge in [0, 0.05) is 23.2 Å². The molecule has 0 aliphatic carbocycles. The molecular weight excluding hydrogens is 369 g/mol. The zero-order valence-corrected chi connectivity index (χ0v) is 14.9. The van der Waals surface area contributed by atoms with Crippen LogP contribution in [0, 0.1) is 5.82 Å². The van der Waals surface area contributed by atoms with Gasteiger partial charge in [-0.15, -0.1) is 11.3 Å². The third-order valence-electron chi connectivity index (χ3n) is 3.79. The van der Waals surface area contributed by atoms with Crippen LogP contribution in [-0.4, -0.2) is 22.0 Å². The molecule has 4 N–H and O–H groups in total. The topological polar surface area (TPSA) is 105 Å². The number of carboxylic acid groups (broad SMARTS) is 1. The Morgan fingerprint density at radius 2 is 2.00 bits per heavy atom. The molecule has 0 fully saturated rings. The Hall–Kier alpha value is -3.10. The maximum absolute atomic E-state index is 13.7. The molecule has 0 unspecified atom stereocenters. The lowest BCUT2D eigenvalue weighted by Crippen LogP contribution is -2.14. The fraction of sp³-hybridized carbons (Fsp3) is 0.105. The van der Waals surface area contributed by atoms with Gasteiger partial charge >= 0.3 is 5.97 Å². The van der Waals surface area contributed by atoms with Gasteiger partial charge in [0.15, 0.2) is 5.01 Å². The summed E-state index contributed by atoms with van der Waals surface area (Å²) in [4.78, 5) is 27.7. The van der Waals surface area contributed by atoms with Crippen LogP contribution >= 0.6 is 11.3 Å². The minimum Gasteiger partial charge on any atom is -0.481 e. The predicted octanol–water partition coefficient (Wildman–Crippen LogP) is 3.29. The molecule has 0 aliphatic heterocycles. The predicted molar refractivity (Wildman–Crippen MR) is 101 cm³/mol. The third-order valence-corrected chi connectivity index (χ3v) is 4.64. The van der Waals surface area contributed by atoms with Crippen LogP contribution in [0.4, 0.5) is 10.1 Å². The molecule has 0 spiro atoms. The average molecular weight is 385 g/mol. The van der Waals surface area contributed by atoms with Crippen molar-refractivity contribution in [2.75, 3.05) is 5.32 Å². The fourth-order valence-corrected chi connectivity index (χ4v) is 3.28. The smallest absolute Gasteiger partial charge is 0.307 e. The maximum atomic E-state index is 13.7. The molecule has 27 heavy (non-hydrogen) atoms. The Bertz CT molecular complexity index is 1000. The number of anilines is 1. The van der Waals surface area contributed by atoms with Gasteiger partial charge in [-0.1, -0.05) is 18.2 Å². The number of benzene rings is 2. The number of aromatic nitrogens is 1. The number of hydrogen-bond acceptors (Lipinski definition) is 5. The number of amides is 1. The normalized spacial score (nSPS) is 10.6. The SMILES string of the molecule is NCc1cc(F)cc(-c2csc(C(=O)Nc3ccccc3CC(=O)O)n2)c1. The van der Waals surface area contributed by atoms with Gasteiger partial charge in [-0.25, -0.2) is 9.37 Å². The summed E-state index contributed by atoms with van der Waals surface area (Å²) in [6.45, 7) is 0.197. The number of halogens is 1. The van der Waals surface area contributed by atoms with Crippen LogP contribution in [0.3, 0.4) is 0 Å². The van der Waals surface area contributed by atoms with Crippen molar-refractivity contribution in [2.45, 2.75) is 13.0 Å². The van der Waals surface area contributed by atoms with E-state index in [2.05, 4.69) is 10.3 Å². The van der Waals surface area contributed by atoms with Crippen molar-refractivity contribution in [3.63, 3.8) is 0 Å². The maximum Gasteiger partial charge on any atom is 0.307 e. The lowest BCUT2D eigenvalue weighted by atomic mass is 10.1. The third kappa shape index (κ3) is 4.55. The molecular formula is C19H16FN3O3S. The van der Waals surface area contributed by atoms with Gasteiger partial charge in [0.25, 0.3) is 5.91 Å². The first kappa shape index (κ1) is 18.7. The Balaban J connectivity index is 1.82. The van der Waals surface area contributed by atoms with Gasteiger partial charge in [0.1, 0.15) is 5.82 Å². The quantitative estimate of drug-likeness (QED) is 0.604. The summed E-state index contributed by atoms with van der Waals surface area (Å²) in [6, 6.07) is 11.1. The van der Waals surface area contributed by atoms with E-state index in [0.29, 0.717) is 28.1 Å². The number of hydrogen-bond donors (Lipinski definition) is 3. The molecule has 6 nitrogen and oxygen atoms in total. The summed E-state index contributed by atoms with van der Waals surface area (Å²) < 4.78 is 13.7. The molecule has 138 valence electrons. The van der Waals surface area contributed by atoms with Gasteiger partial charge < -0.3 is 16.2 Å². The number of para-hydroxylation sites is 1. The fourth-order valence-electron chi connectivity index (χ4n) is 2.56. The highest BCUT2D eigenvalue weighted by molar-refractivity contribution is 7.12. The van der Waals surface area contributed by atoms with Crippen LogP contribution in [0.5, 0.6) is 0 Å². The number of aliphatic carboxylic acids is 1. The minimum atomic E-state index is -0.991. The van der Waals surface area contributed by atoms with E-state index in [4.69, 9.17) is 10.8 Å². The molecule has 0 aliphatic rings. The standard InChI is InChI=1S/C19H16FN3O3S/c20-14-6-11(9-21)5-13(7-14)16-10-27-19(23-16)18(26)22-15-4-2-1-3-12(15)8-17(24)25/h1-7,10H,8-9,21H2,(H,22,26)(H,24,25). The van der Waals surface area contributed by atoms with E-state index >= 15 is 0 Å². The van der Waals surface area contributed by atoms with Crippen LogP contribution in [0.25, 0.3) is 11.3 Å². The summed E-state index contributed by atoms with van der Waals surface area (Å²) in [5.74, 6) is -1.87. The molecule has 1 heterocycles. The van der Waals surface area contributed by atoms with Gasteiger partial charge in [-0.3, -0.25) is 9.59 Å². The van der Waals surface area contributed by atoms with Crippen molar-refractivity contribution >= 4 is 28.9 Å². The first-order chi connectivity index (χ1) is 13.0. The zero-order chi connectivity index (χ0) is 19.4. The number of carbonyl (C=O) groups excluding carboxylic acids is 1. The summed E-state index contributed by atoms with van der Waals surface area (Å²) in [5.41, 5.74) is 8.11. The summed E-state index contributed by atoms with van der Waals surface area (Å²) in [7, 11) is 0. The van der Waals surface area contributed by atoms with Crippen LogP contribution in [0.15, 0.2) is 47.8 Å². The monoisotopic (exact) mass is 385 g/mol. The number of nitrogens with one attached hydrogen (secondary N) is 1. The highest BCUT2D eigenvalue weighted by Crippen LogP contribution is 2.25. The Labute approximate surface area is 158 Å². The summed E-state index contributed by atoms with van der Waals surface area (Å²) in [6.07, 6.45) is -0.204. The van der Waals surface area contributed by atoms with Crippen molar-refractivity contribution in [1.82, 2.24) is 4.98 Å². The molecule has 0 bridgehead atoms. The van der Waals surface area contributed by atoms with E-state index < -0.39 is 17.7 Å². The number of rotatable bonds is 6. The molecule has 0 radical (unpaired) electrons. The summed E-state index contributed by atoms with van der Waals surface area (Å²) >= 11 is 1.12. The second-order valence-electron chi connectivity index (χ2n) is 5.77. The number of carboxylic acids is 1. The molecule has 3 rings (SSSR count). The molecule has 1 aromatic heterocycles. The van der Waals surface area contributed by atoms with E-state index in [1.165, 1.54) is 12.1 Å². The molecule has 0 saturated heterocycles. The number of nitrogens with zero attached hydrogens (tertiary/aromatic N) is 1. The van der Waals surface area contributed by atoms with Crippen molar-refractivity contribution in [3.8, 4) is 11.3 Å².